The zero-order valence-electron chi connectivity index (χ0n) is 10.6. The average Bonchev–Trinajstić information content (AvgIpc) is 2.23. The SMILES string of the molecule is CC(Br)C(C)(C)NC(=O)Cc1cccc(F)c1F. The van der Waals surface area contributed by atoms with E-state index >= 15 is 0 Å². The molecule has 5 heteroatoms. The Hall–Kier alpha value is -0.970. The third-order valence-electron chi connectivity index (χ3n) is 2.84. The van der Waals surface area contributed by atoms with Gasteiger partial charge >= 0.3 is 0 Å². The van der Waals surface area contributed by atoms with Gasteiger partial charge in [-0.15, -0.1) is 0 Å². The van der Waals surface area contributed by atoms with Crippen molar-refractivity contribution in [1.82, 2.24) is 5.32 Å². The first-order valence-electron chi connectivity index (χ1n) is 5.62. The van der Waals surface area contributed by atoms with Crippen LogP contribution in [-0.4, -0.2) is 16.3 Å². The molecule has 0 heterocycles. The highest BCUT2D eigenvalue weighted by Gasteiger charge is 2.26. The van der Waals surface area contributed by atoms with Gasteiger partial charge < -0.3 is 5.32 Å². The summed E-state index contributed by atoms with van der Waals surface area (Å²) in [5, 5.41) is 2.78. The van der Waals surface area contributed by atoms with Crippen LogP contribution in [0.3, 0.4) is 0 Å². The highest BCUT2D eigenvalue weighted by Crippen LogP contribution is 2.17. The Morgan fingerprint density at radius 2 is 2.06 bits per heavy atom. The van der Waals surface area contributed by atoms with Gasteiger partial charge in [0.15, 0.2) is 11.6 Å². The van der Waals surface area contributed by atoms with Crippen LogP contribution >= 0.6 is 15.9 Å². The van der Waals surface area contributed by atoms with Crippen molar-refractivity contribution in [3.05, 3.63) is 35.4 Å². The van der Waals surface area contributed by atoms with Crippen LogP contribution in [0.1, 0.15) is 26.3 Å². The fraction of sp³-hybridized carbons (Fsp3) is 0.462. The van der Waals surface area contributed by atoms with Crippen molar-refractivity contribution >= 4 is 21.8 Å². The van der Waals surface area contributed by atoms with Gasteiger partial charge in [-0.3, -0.25) is 4.79 Å². The van der Waals surface area contributed by atoms with Gasteiger partial charge in [0.05, 0.1) is 6.42 Å². The van der Waals surface area contributed by atoms with Crippen molar-refractivity contribution in [3.8, 4) is 0 Å². The maximum absolute atomic E-state index is 13.4. The Balaban J connectivity index is 2.74. The maximum atomic E-state index is 13.4. The molecule has 0 saturated heterocycles. The fourth-order valence-electron chi connectivity index (χ4n) is 1.36. The first-order valence-corrected chi connectivity index (χ1v) is 6.53. The number of benzene rings is 1. The number of alkyl halides is 1. The highest BCUT2D eigenvalue weighted by molar-refractivity contribution is 9.09. The lowest BCUT2D eigenvalue weighted by atomic mass is 10.0. The molecule has 0 radical (unpaired) electrons. The Morgan fingerprint density at radius 1 is 1.44 bits per heavy atom. The van der Waals surface area contributed by atoms with E-state index in [0.717, 1.165) is 6.07 Å². The lowest BCUT2D eigenvalue weighted by Gasteiger charge is -2.29. The van der Waals surface area contributed by atoms with Gasteiger partial charge in [0.2, 0.25) is 5.91 Å². The predicted octanol–water partition coefficient (Wildman–Crippen LogP) is 3.19. The van der Waals surface area contributed by atoms with E-state index in [2.05, 4.69) is 21.2 Å². The summed E-state index contributed by atoms with van der Waals surface area (Å²) in [7, 11) is 0. The molecular formula is C13H16BrF2NO. The molecule has 0 aliphatic carbocycles. The molecule has 1 aromatic carbocycles. The average molecular weight is 320 g/mol. The number of hydrogen-bond acceptors (Lipinski definition) is 1. The summed E-state index contributed by atoms with van der Waals surface area (Å²) in [5.41, 5.74) is -0.397. The molecular weight excluding hydrogens is 304 g/mol. The summed E-state index contributed by atoms with van der Waals surface area (Å²) in [6, 6.07) is 3.82. The Labute approximate surface area is 114 Å². The van der Waals surface area contributed by atoms with E-state index in [0.29, 0.717) is 0 Å². The van der Waals surface area contributed by atoms with Crippen LogP contribution in [0.4, 0.5) is 8.78 Å². The van der Waals surface area contributed by atoms with Crippen molar-refractivity contribution < 1.29 is 13.6 Å². The normalized spacial score (nSPS) is 13.2. The molecule has 0 fully saturated rings. The number of hydrogen-bond donors (Lipinski definition) is 1. The van der Waals surface area contributed by atoms with Gasteiger partial charge in [-0.25, -0.2) is 8.78 Å². The predicted molar refractivity (Wildman–Crippen MR) is 70.7 cm³/mol. The maximum Gasteiger partial charge on any atom is 0.224 e. The Bertz CT molecular complexity index is 447. The summed E-state index contributed by atoms with van der Waals surface area (Å²) in [5.74, 6) is -2.23. The Kier molecular flexibility index (Phi) is 4.85. The van der Waals surface area contributed by atoms with Crippen LogP contribution in [0.25, 0.3) is 0 Å². The van der Waals surface area contributed by atoms with Gasteiger partial charge in [-0.1, -0.05) is 35.0 Å². The summed E-state index contributed by atoms with van der Waals surface area (Å²) in [6.45, 7) is 5.61. The molecule has 1 amide bonds. The molecule has 1 atom stereocenters. The van der Waals surface area contributed by atoms with E-state index in [9.17, 15) is 13.6 Å². The van der Waals surface area contributed by atoms with E-state index in [1.165, 1.54) is 12.1 Å². The van der Waals surface area contributed by atoms with E-state index in [1.807, 2.05) is 20.8 Å². The van der Waals surface area contributed by atoms with Crippen LogP contribution in [-0.2, 0) is 11.2 Å². The minimum absolute atomic E-state index is 0.0607. The van der Waals surface area contributed by atoms with Crippen LogP contribution in [0.15, 0.2) is 18.2 Å². The second-order valence-corrected chi connectivity index (χ2v) is 6.15. The van der Waals surface area contributed by atoms with Crippen LogP contribution < -0.4 is 5.32 Å². The molecule has 0 aliphatic heterocycles. The number of rotatable bonds is 4. The molecule has 0 bridgehead atoms. The molecule has 100 valence electrons. The lowest BCUT2D eigenvalue weighted by Crippen LogP contribution is -2.49. The molecule has 0 aromatic heterocycles. The lowest BCUT2D eigenvalue weighted by molar-refractivity contribution is -0.122. The molecule has 0 aliphatic rings. The monoisotopic (exact) mass is 319 g/mol. The Morgan fingerprint density at radius 3 is 2.61 bits per heavy atom. The van der Waals surface area contributed by atoms with Crippen molar-refractivity contribution in [2.24, 2.45) is 0 Å². The minimum Gasteiger partial charge on any atom is -0.350 e. The number of amides is 1. The summed E-state index contributed by atoms with van der Waals surface area (Å²) >= 11 is 3.39. The van der Waals surface area contributed by atoms with Crippen molar-refractivity contribution in [1.29, 1.82) is 0 Å². The number of halogens is 3. The number of nitrogens with one attached hydrogen (secondary N) is 1. The zero-order valence-corrected chi connectivity index (χ0v) is 12.1. The molecule has 1 aromatic rings. The third kappa shape index (κ3) is 3.77. The topological polar surface area (TPSA) is 29.1 Å². The van der Waals surface area contributed by atoms with Gasteiger partial charge in [-0.05, 0) is 19.9 Å². The van der Waals surface area contributed by atoms with Crippen molar-refractivity contribution in [3.63, 3.8) is 0 Å². The van der Waals surface area contributed by atoms with Crippen LogP contribution in [0, 0.1) is 11.6 Å². The number of carbonyl (C=O) groups excluding carboxylic acids is 1. The fourth-order valence-corrected chi connectivity index (χ4v) is 1.48. The molecule has 0 saturated carbocycles. The second kappa shape index (κ2) is 5.78. The second-order valence-electron chi connectivity index (χ2n) is 4.78. The minimum atomic E-state index is -0.961. The largest absolute Gasteiger partial charge is 0.350 e. The van der Waals surface area contributed by atoms with Crippen molar-refractivity contribution in [2.45, 2.75) is 37.6 Å². The standard InChI is InChI=1S/C13H16BrF2NO/c1-8(14)13(2,3)17-11(18)7-9-5-4-6-10(15)12(9)16/h4-6,8H,7H2,1-3H3,(H,17,18). The molecule has 1 unspecified atom stereocenters. The molecule has 18 heavy (non-hydrogen) atoms. The zero-order chi connectivity index (χ0) is 13.9. The van der Waals surface area contributed by atoms with Crippen LogP contribution in [0.5, 0.6) is 0 Å². The van der Waals surface area contributed by atoms with Gasteiger partial charge in [-0.2, -0.15) is 0 Å². The number of carbonyl (C=O) groups is 1. The third-order valence-corrected chi connectivity index (χ3v) is 3.98. The molecule has 1 rings (SSSR count). The van der Waals surface area contributed by atoms with E-state index in [1.54, 1.807) is 0 Å². The van der Waals surface area contributed by atoms with Crippen LogP contribution in [0.2, 0.25) is 0 Å². The summed E-state index contributed by atoms with van der Waals surface area (Å²) in [4.78, 5) is 11.8. The van der Waals surface area contributed by atoms with Gasteiger partial charge in [0, 0.05) is 15.9 Å². The first-order chi connectivity index (χ1) is 8.24. The molecule has 2 nitrogen and oxygen atoms in total. The highest BCUT2D eigenvalue weighted by atomic mass is 79.9. The quantitative estimate of drug-likeness (QED) is 0.848. The van der Waals surface area contributed by atoms with Gasteiger partial charge in [0.25, 0.3) is 0 Å². The van der Waals surface area contributed by atoms with Crippen molar-refractivity contribution in [2.75, 3.05) is 0 Å². The van der Waals surface area contributed by atoms with Gasteiger partial charge in [0.1, 0.15) is 0 Å². The molecule has 0 spiro atoms. The smallest absolute Gasteiger partial charge is 0.224 e. The van der Waals surface area contributed by atoms with E-state index in [4.69, 9.17) is 0 Å². The summed E-state index contributed by atoms with van der Waals surface area (Å²) < 4.78 is 26.4. The molecule has 1 N–H and O–H groups in total. The van der Waals surface area contributed by atoms with E-state index < -0.39 is 17.2 Å². The van der Waals surface area contributed by atoms with E-state index in [-0.39, 0.29) is 22.7 Å². The summed E-state index contributed by atoms with van der Waals surface area (Å²) in [6.07, 6.45) is -0.174. The first kappa shape index (κ1) is 15.1.